The topological polar surface area (TPSA) is 41.5 Å². The summed E-state index contributed by atoms with van der Waals surface area (Å²) in [7, 11) is 0. The molecule has 1 N–H and O–H groups in total. The molecule has 0 unspecified atom stereocenters. The van der Waals surface area contributed by atoms with E-state index in [1.807, 2.05) is 48.7 Å². The van der Waals surface area contributed by atoms with Crippen molar-refractivity contribution in [2.24, 2.45) is 4.99 Å². The number of halogens is 1. The van der Waals surface area contributed by atoms with Crippen LogP contribution in [0.25, 0.3) is 6.08 Å². The summed E-state index contributed by atoms with van der Waals surface area (Å²) in [6.07, 6.45) is 1.92. The normalized spacial score (nSPS) is 18.5. The fraction of sp³-hybridized carbons (Fsp3) is 0.0667. The highest BCUT2D eigenvalue weighted by atomic mass is 79.9. The predicted molar refractivity (Wildman–Crippen MR) is 94.0 cm³/mol. The minimum absolute atomic E-state index is 0.0938. The number of carbonyl (C=O) groups excluding carboxylic acids is 1. The molecular formula is C15H11BrN2OS2. The zero-order valence-electron chi connectivity index (χ0n) is 11.1. The van der Waals surface area contributed by atoms with E-state index < -0.39 is 0 Å². The van der Waals surface area contributed by atoms with E-state index in [1.165, 1.54) is 17.3 Å². The molecule has 0 radical (unpaired) electrons. The lowest BCUT2D eigenvalue weighted by Gasteiger charge is -1.96. The number of carbonyl (C=O) groups is 1. The molecule has 1 aliphatic rings. The SMILES string of the molecule is Cc1ccsc1/C=C1\SC(=Nc2ccc(Br)cc2)NC1=O. The number of aliphatic imine (C=N–C) groups is 1. The van der Waals surface area contributed by atoms with Gasteiger partial charge in [-0.1, -0.05) is 15.9 Å². The quantitative estimate of drug-likeness (QED) is 0.768. The van der Waals surface area contributed by atoms with E-state index in [-0.39, 0.29) is 5.91 Å². The third-order valence-corrected chi connectivity index (χ3v) is 5.28. The fourth-order valence-corrected chi connectivity index (χ4v) is 3.79. The van der Waals surface area contributed by atoms with Crippen LogP contribution in [-0.2, 0) is 4.79 Å². The first kappa shape index (κ1) is 14.6. The summed E-state index contributed by atoms with van der Waals surface area (Å²) < 4.78 is 1.00. The van der Waals surface area contributed by atoms with E-state index in [4.69, 9.17) is 0 Å². The molecule has 1 aromatic carbocycles. The zero-order chi connectivity index (χ0) is 14.8. The standard InChI is InChI=1S/C15H11BrN2OS2/c1-9-6-7-20-12(9)8-13-14(19)18-15(21-13)17-11-4-2-10(16)3-5-11/h2-8H,1H3,(H,17,18,19)/b13-8-. The van der Waals surface area contributed by atoms with Crippen molar-refractivity contribution in [1.82, 2.24) is 5.32 Å². The number of amides is 1. The van der Waals surface area contributed by atoms with Gasteiger partial charge in [-0.15, -0.1) is 11.3 Å². The zero-order valence-corrected chi connectivity index (χ0v) is 14.3. The van der Waals surface area contributed by atoms with E-state index in [0.717, 1.165) is 15.0 Å². The summed E-state index contributed by atoms with van der Waals surface area (Å²) in [4.78, 5) is 18.2. The van der Waals surface area contributed by atoms with Gasteiger partial charge in [-0.25, -0.2) is 4.99 Å². The number of benzene rings is 1. The Balaban J connectivity index is 1.83. The molecule has 1 fully saturated rings. The van der Waals surface area contributed by atoms with Crippen LogP contribution >= 0.6 is 39.0 Å². The van der Waals surface area contributed by atoms with E-state index in [9.17, 15) is 4.79 Å². The molecule has 2 heterocycles. The number of nitrogens with zero attached hydrogens (tertiary/aromatic N) is 1. The number of thioether (sulfide) groups is 1. The molecule has 1 amide bonds. The maximum Gasteiger partial charge on any atom is 0.264 e. The number of rotatable bonds is 2. The lowest BCUT2D eigenvalue weighted by molar-refractivity contribution is -0.115. The van der Waals surface area contributed by atoms with Gasteiger partial charge in [0, 0.05) is 9.35 Å². The van der Waals surface area contributed by atoms with Gasteiger partial charge in [0.25, 0.3) is 5.91 Å². The van der Waals surface area contributed by atoms with Gasteiger partial charge in [-0.2, -0.15) is 0 Å². The van der Waals surface area contributed by atoms with Crippen molar-refractivity contribution in [1.29, 1.82) is 0 Å². The van der Waals surface area contributed by atoms with E-state index >= 15 is 0 Å². The van der Waals surface area contributed by atoms with Gasteiger partial charge in [0.15, 0.2) is 5.17 Å². The minimum Gasteiger partial charge on any atom is -0.300 e. The molecule has 2 aromatic rings. The maximum absolute atomic E-state index is 12.0. The highest BCUT2D eigenvalue weighted by Gasteiger charge is 2.24. The molecule has 106 valence electrons. The average Bonchev–Trinajstić information content (AvgIpc) is 3.00. The number of hydrogen-bond acceptors (Lipinski definition) is 4. The Morgan fingerprint density at radius 2 is 2.00 bits per heavy atom. The van der Waals surface area contributed by atoms with E-state index in [0.29, 0.717) is 10.1 Å². The van der Waals surface area contributed by atoms with Crippen LogP contribution in [0.4, 0.5) is 5.69 Å². The molecule has 3 rings (SSSR count). The second-order valence-electron chi connectivity index (χ2n) is 4.43. The highest BCUT2D eigenvalue weighted by Crippen LogP contribution is 2.30. The first-order chi connectivity index (χ1) is 10.1. The van der Waals surface area contributed by atoms with Gasteiger partial charge in [0.1, 0.15) is 0 Å². The van der Waals surface area contributed by atoms with Gasteiger partial charge in [-0.3, -0.25) is 4.79 Å². The number of hydrogen-bond donors (Lipinski definition) is 1. The Labute approximate surface area is 139 Å². The van der Waals surface area contributed by atoms with Crippen LogP contribution in [0.15, 0.2) is 50.1 Å². The second kappa shape index (κ2) is 6.17. The minimum atomic E-state index is -0.0938. The van der Waals surface area contributed by atoms with Crippen molar-refractivity contribution in [2.75, 3.05) is 0 Å². The number of nitrogens with one attached hydrogen (secondary N) is 1. The van der Waals surface area contributed by atoms with Crippen molar-refractivity contribution in [3.8, 4) is 0 Å². The van der Waals surface area contributed by atoms with Crippen LogP contribution < -0.4 is 5.32 Å². The number of thiophene rings is 1. The molecule has 0 bridgehead atoms. The molecule has 0 aliphatic carbocycles. The van der Waals surface area contributed by atoms with Crippen molar-refractivity contribution >= 4 is 61.9 Å². The Morgan fingerprint density at radius 3 is 2.67 bits per heavy atom. The van der Waals surface area contributed by atoms with E-state index in [1.54, 1.807) is 11.3 Å². The molecule has 0 atom stereocenters. The Bertz CT molecular complexity index is 747. The molecule has 0 spiro atoms. The first-order valence-corrected chi connectivity index (χ1v) is 8.70. The molecule has 0 saturated carbocycles. The summed E-state index contributed by atoms with van der Waals surface area (Å²) in [6.45, 7) is 2.04. The Morgan fingerprint density at radius 1 is 1.24 bits per heavy atom. The van der Waals surface area contributed by atoms with Crippen LogP contribution in [0.3, 0.4) is 0 Å². The highest BCUT2D eigenvalue weighted by molar-refractivity contribution is 9.10. The van der Waals surface area contributed by atoms with Crippen molar-refractivity contribution < 1.29 is 4.79 Å². The average molecular weight is 379 g/mol. The molecule has 21 heavy (non-hydrogen) atoms. The maximum atomic E-state index is 12.0. The van der Waals surface area contributed by atoms with Gasteiger partial charge >= 0.3 is 0 Å². The van der Waals surface area contributed by atoms with Crippen LogP contribution in [0, 0.1) is 6.92 Å². The van der Waals surface area contributed by atoms with Crippen molar-refractivity contribution in [3.05, 3.63) is 55.5 Å². The third-order valence-electron chi connectivity index (χ3n) is 2.87. The van der Waals surface area contributed by atoms with Gasteiger partial charge in [-0.05, 0) is 66.0 Å². The van der Waals surface area contributed by atoms with Crippen LogP contribution in [0.2, 0.25) is 0 Å². The van der Waals surface area contributed by atoms with Crippen LogP contribution in [-0.4, -0.2) is 11.1 Å². The summed E-state index contributed by atoms with van der Waals surface area (Å²) in [5.41, 5.74) is 1.99. The second-order valence-corrected chi connectivity index (χ2v) is 7.32. The van der Waals surface area contributed by atoms with Gasteiger partial charge < -0.3 is 5.32 Å². The molecule has 3 nitrogen and oxygen atoms in total. The molecular weight excluding hydrogens is 368 g/mol. The van der Waals surface area contributed by atoms with Gasteiger partial charge in [0.05, 0.1) is 10.6 Å². The van der Waals surface area contributed by atoms with Gasteiger partial charge in [0.2, 0.25) is 0 Å². The first-order valence-electron chi connectivity index (χ1n) is 6.21. The lowest BCUT2D eigenvalue weighted by Crippen LogP contribution is -2.19. The number of amidine groups is 1. The Hall–Kier alpha value is -1.37. The third kappa shape index (κ3) is 3.45. The Kier molecular flexibility index (Phi) is 4.28. The van der Waals surface area contributed by atoms with Crippen LogP contribution in [0.1, 0.15) is 10.4 Å². The molecule has 1 aromatic heterocycles. The summed E-state index contributed by atoms with van der Waals surface area (Å²) in [5, 5.41) is 5.44. The monoisotopic (exact) mass is 378 g/mol. The van der Waals surface area contributed by atoms with Crippen LogP contribution in [0.5, 0.6) is 0 Å². The predicted octanol–water partition coefficient (Wildman–Crippen LogP) is 4.71. The summed E-state index contributed by atoms with van der Waals surface area (Å²) in [6, 6.07) is 9.69. The smallest absolute Gasteiger partial charge is 0.264 e. The molecule has 1 saturated heterocycles. The van der Waals surface area contributed by atoms with Crippen molar-refractivity contribution in [3.63, 3.8) is 0 Å². The van der Waals surface area contributed by atoms with E-state index in [2.05, 4.69) is 26.2 Å². The molecule has 6 heteroatoms. The summed E-state index contributed by atoms with van der Waals surface area (Å²) >= 11 is 6.39. The summed E-state index contributed by atoms with van der Waals surface area (Å²) in [5.74, 6) is -0.0938. The van der Waals surface area contributed by atoms with Crippen molar-refractivity contribution in [2.45, 2.75) is 6.92 Å². The fourth-order valence-electron chi connectivity index (χ4n) is 1.76. The lowest BCUT2D eigenvalue weighted by atomic mass is 10.3. The number of aryl methyl sites for hydroxylation is 1. The largest absolute Gasteiger partial charge is 0.300 e. The molecule has 1 aliphatic heterocycles.